The molecule has 1 N–H and O–H groups in total. The lowest BCUT2D eigenvalue weighted by molar-refractivity contribution is -0.367. The molecule has 12 heteroatoms. The number of benzene rings is 2. The number of nitrogens with one attached hydrogen (secondary N) is 1. The molecule has 11 nitrogen and oxygen atoms in total. The molecule has 210 valence electrons. The molecule has 5 atom stereocenters. The molecule has 1 aliphatic heterocycles. The van der Waals surface area contributed by atoms with Gasteiger partial charge in [0.1, 0.15) is 29.8 Å². The Kier molecular flexibility index (Phi) is 11.1. The largest absolute Gasteiger partial charge is 0.512 e. The Morgan fingerprint density at radius 3 is 1.97 bits per heavy atom. The predicted octanol–water partition coefficient (Wildman–Crippen LogP) is 3.58. The van der Waals surface area contributed by atoms with E-state index in [-0.39, 0.29) is 19.6 Å². The second-order valence-corrected chi connectivity index (χ2v) is 10.2. The van der Waals surface area contributed by atoms with Gasteiger partial charge in [0.25, 0.3) is 5.79 Å². The maximum atomic E-state index is 13.8. The van der Waals surface area contributed by atoms with Crippen LogP contribution in [0.15, 0.2) is 60.7 Å². The first kappa shape index (κ1) is 30.0. The van der Waals surface area contributed by atoms with Gasteiger partial charge in [0.05, 0.1) is 6.61 Å². The van der Waals surface area contributed by atoms with Crippen molar-refractivity contribution < 1.29 is 46.8 Å². The van der Waals surface area contributed by atoms with Crippen molar-refractivity contribution in [3.8, 4) is 11.5 Å². The Hall–Kier alpha value is -2.50. The summed E-state index contributed by atoms with van der Waals surface area (Å²) in [5.41, 5.74) is 0. The number of methoxy groups -OCH3 is 4. The average Bonchev–Trinajstić information content (AvgIpc) is 2.90. The fraction of sp³-hybridized carbons (Fsp3) is 0.500. The van der Waals surface area contributed by atoms with Crippen molar-refractivity contribution in [3.63, 3.8) is 0 Å². The molecule has 2 aromatic rings. The van der Waals surface area contributed by atoms with Crippen LogP contribution in [0.25, 0.3) is 0 Å². The third kappa shape index (κ3) is 7.33. The molecule has 0 aromatic heterocycles. The molecule has 1 fully saturated rings. The first-order valence-corrected chi connectivity index (χ1v) is 13.6. The lowest BCUT2D eigenvalue weighted by Crippen LogP contribution is -2.70. The van der Waals surface area contributed by atoms with Crippen molar-refractivity contribution in [2.45, 2.75) is 43.5 Å². The van der Waals surface area contributed by atoms with Gasteiger partial charge < -0.3 is 37.5 Å². The van der Waals surface area contributed by atoms with Crippen LogP contribution >= 0.6 is 7.75 Å². The van der Waals surface area contributed by atoms with E-state index >= 15 is 0 Å². The summed E-state index contributed by atoms with van der Waals surface area (Å²) in [4.78, 5) is 12.1. The number of rotatable bonds is 14. The highest BCUT2D eigenvalue weighted by Gasteiger charge is 2.60. The number of carbonyl (C=O) groups excluding carboxylic acids is 1. The van der Waals surface area contributed by atoms with Gasteiger partial charge in [-0.3, -0.25) is 4.79 Å². The number of hydrogen-bond donors (Lipinski definition) is 1. The zero-order chi connectivity index (χ0) is 27.6. The molecule has 1 saturated heterocycles. The Morgan fingerprint density at radius 1 is 0.947 bits per heavy atom. The van der Waals surface area contributed by atoms with Crippen LogP contribution in [0.4, 0.5) is 0 Å². The van der Waals surface area contributed by atoms with E-state index in [9.17, 15) is 9.36 Å². The summed E-state index contributed by atoms with van der Waals surface area (Å²) < 4.78 is 59.8. The molecule has 0 saturated carbocycles. The molecule has 38 heavy (non-hydrogen) atoms. The predicted molar refractivity (Wildman–Crippen MR) is 138 cm³/mol. The minimum Gasteiger partial charge on any atom is -0.427 e. The van der Waals surface area contributed by atoms with Crippen molar-refractivity contribution in [1.29, 1.82) is 0 Å². The number of carbonyl (C=O) groups is 1. The zero-order valence-corrected chi connectivity index (χ0v) is 23.1. The number of esters is 1. The summed E-state index contributed by atoms with van der Waals surface area (Å²) in [6.07, 6.45) is -2.78. The van der Waals surface area contributed by atoms with Gasteiger partial charge in [-0.15, -0.1) is 0 Å². The van der Waals surface area contributed by atoms with E-state index in [0.717, 1.165) is 0 Å². The van der Waals surface area contributed by atoms with E-state index in [0.29, 0.717) is 11.5 Å². The van der Waals surface area contributed by atoms with Gasteiger partial charge in [0.2, 0.25) is 0 Å². The third-order valence-electron chi connectivity index (χ3n) is 5.98. The van der Waals surface area contributed by atoms with Gasteiger partial charge in [-0.2, -0.15) is 0 Å². The molecule has 0 amide bonds. The molecule has 0 aliphatic carbocycles. The zero-order valence-electron chi connectivity index (χ0n) is 22.2. The van der Waals surface area contributed by atoms with Crippen molar-refractivity contribution in [1.82, 2.24) is 5.09 Å². The molecule has 0 radical (unpaired) electrons. The highest BCUT2D eigenvalue weighted by atomic mass is 31.2. The fourth-order valence-electron chi connectivity index (χ4n) is 4.43. The summed E-state index contributed by atoms with van der Waals surface area (Å²) in [6.45, 7) is 1.53. The minimum absolute atomic E-state index is 0.0712. The first-order valence-electron chi connectivity index (χ1n) is 12.1. The van der Waals surface area contributed by atoms with Crippen LogP contribution in [0.5, 0.6) is 11.5 Å². The van der Waals surface area contributed by atoms with Crippen molar-refractivity contribution in [2.75, 3.05) is 41.6 Å². The standard InChI is InChI=1S/C26H36NO10P/c1-19(28)35-26(33-5)23(34-22(18-30-2)24(31-3)25(26)32-4)16-17-27-38(29,36-20-12-8-6-9-13-20)37-21-14-10-7-11-15-21/h6-15,22-25H,16-18H2,1-5H3,(H,27,29)/t22-,23-,24-,25+,26+/m1/s1. The Bertz CT molecular complexity index is 997. The molecule has 1 heterocycles. The van der Waals surface area contributed by atoms with E-state index in [4.69, 9.17) is 37.5 Å². The second kappa shape index (κ2) is 14.0. The monoisotopic (exact) mass is 553 g/mol. The van der Waals surface area contributed by atoms with E-state index in [1.807, 2.05) is 12.1 Å². The van der Waals surface area contributed by atoms with Crippen LogP contribution in [0.3, 0.4) is 0 Å². The summed E-state index contributed by atoms with van der Waals surface area (Å²) in [7, 11) is 1.98. The van der Waals surface area contributed by atoms with E-state index < -0.39 is 43.9 Å². The Morgan fingerprint density at radius 2 is 1.53 bits per heavy atom. The number of hydrogen-bond acceptors (Lipinski definition) is 10. The van der Waals surface area contributed by atoms with Crippen LogP contribution in [0.1, 0.15) is 13.3 Å². The second-order valence-electron chi connectivity index (χ2n) is 8.50. The molecular formula is C26H36NO10P. The topological polar surface area (TPSA) is 120 Å². The van der Waals surface area contributed by atoms with Crippen LogP contribution < -0.4 is 14.1 Å². The summed E-state index contributed by atoms with van der Waals surface area (Å²) in [5.74, 6) is -1.53. The molecule has 0 spiro atoms. The smallest absolute Gasteiger partial charge is 0.427 e. The molecule has 2 aromatic carbocycles. The highest BCUT2D eigenvalue weighted by molar-refractivity contribution is 7.52. The quantitative estimate of drug-likeness (QED) is 0.210. The third-order valence-corrected chi connectivity index (χ3v) is 7.49. The lowest BCUT2D eigenvalue weighted by Gasteiger charge is -2.51. The first-order chi connectivity index (χ1) is 18.3. The number of para-hydroxylation sites is 2. The normalized spacial score (nSPS) is 25.5. The maximum Gasteiger partial charge on any atom is 0.512 e. The highest BCUT2D eigenvalue weighted by Crippen LogP contribution is 2.45. The number of ether oxygens (including phenoxy) is 6. The van der Waals surface area contributed by atoms with Gasteiger partial charge in [0, 0.05) is 41.9 Å². The van der Waals surface area contributed by atoms with Gasteiger partial charge in [-0.05, 0) is 30.7 Å². The van der Waals surface area contributed by atoms with Crippen molar-refractivity contribution in [3.05, 3.63) is 60.7 Å². The summed E-state index contributed by atoms with van der Waals surface area (Å²) in [6, 6.07) is 17.4. The molecule has 1 aliphatic rings. The average molecular weight is 554 g/mol. The van der Waals surface area contributed by atoms with Crippen LogP contribution in [0.2, 0.25) is 0 Å². The maximum absolute atomic E-state index is 13.8. The van der Waals surface area contributed by atoms with E-state index in [2.05, 4.69) is 5.09 Å². The van der Waals surface area contributed by atoms with E-state index in [1.165, 1.54) is 35.4 Å². The molecule has 3 rings (SSSR count). The van der Waals surface area contributed by atoms with Gasteiger partial charge in [-0.25, -0.2) is 9.65 Å². The Balaban J connectivity index is 1.85. The molecule has 0 bridgehead atoms. The van der Waals surface area contributed by atoms with Crippen molar-refractivity contribution >= 4 is 13.7 Å². The SMILES string of the molecule is COC[C@H]1O[C@H](CCNP(=O)(Oc2ccccc2)Oc2ccccc2)[C@](OC)(OC(C)=O)[C@@H](OC)[C@@H]1OC. The van der Waals surface area contributed by atoms with Gasteiger partial charge in [0.15, 0.2) is 6.10 Å². The van der Waals surface area contributed by atoms with Gasteiger partial charge >= 0.3 is 13.7 Å². The summed E-state index contributed by atoms with van der Waals surface area (Å²) >= 11 is 0. The van der Waals surface area contributed by atoms with Crippen LogP contribution in [-0.4, -0.2) is 77.8 Å². The minimum atomic E-state index is -3.91. The molecular weight excluding hydrogens is 517 g/mol. The fourth-order valence-corrected chi connectivity index (χ4v) is 5.79. The van der Waals surface area contributed by atoms with Crippen LogP contribution in [-0.2, 0) is 37.8 Å². The Labute approximate surface area is 223 Å². The van der Waals surface area contributed by atoms with Gasteiger partial charge in [-0.1, -0.05) is 36.4 Å². The van der Waals surface area contributed by atoms with Crippen molar-refractivity contribution in [2.24, 2.45) is 0 Å². The lowest BCUT2D eigenvalue weighted by atomic mass is 9.89. The van der Waals surface area contributed by atoms with E-state index in [1.54, 1.807) is 48.5 Å². The van der Waals surface area contributed by atoms with Crippen LogP contribution in [0, 0.1) is 0 Å². The summed E-state index contributed by atoms with van der Waals surface area (Å²) in [5, 5.41) is 2.89. The molecule has 0 unspecified atom stereocenters.